The number of halogens is 2. The second kappa shape index (κ2) is 9.80. The lowest BCUT2D eigenvalue weighted by atomic mass is 9.94. The lowest BCUT2D eigenvalue weighted by Crippen LogP contribution is -2.65. The van der Waals surface area contributed by atoms with Crippen molar-refractivity contribution in [1.29, 1.82) is 0 Å². The number of piperidine rings is 1. The van der Waals surface area contributed by atoms with Gasteiger partial charge in [0, 0.05) is 41.2 Å². The van der Waals surface area contributed by atoms with Gasteiger partial charge in [-0.05, 0) is 76.4 Å². The van der Waals surface area contributed by atoms with Crippen LogP contribution < -0.4 is 10.6 Å². The third-order valence-electron chi connectivity index (χ3n) is 5.72. The predicted octanol–water partition coefficient (Wildman–Crippen LogP) is 3.39. The molecule has 0 bridgehead atoms. The van der Waals surface area contributed by atoms with Crippen molar-refractivity contribution in [2.24, 2.45) is 5.92 Å². The molecule has 2 aliphatic rings. The van der Waals surface area contributed by atoms with Crippen molar-refractivity contribution in [2.75, 3.05) is 32.7 Å². The number of carbonyl (C=O) groups excluding carboxylic acids is 2. The number of urea groups is 1. The molecule has 2 saturated heterocycles. The first-order valence-corrected chi connectivity index (χ1v) is 12.1. The van der Waals surface area contributed by atoms with E-state index in [4.69, 9.17) is 0 Å². The highest BCUT2D eigenvalue weighted by molar-refractivity contribution is 14.1. The summed E-state index contributed by atoms with van der Waals surface area (Å²) in [7, 11) is 0. The van der Waals surface area contributed by atoms with Gasteiger partial charge in [0.15, 0.2) is 0 Å². The molecule has 8 heteroatoms. The number of likely N-dealkylation sites (tertiary alicyclic amines) is 2. The molecule has 2 N–H and O–H groups in total. The van der Waals surface area contributed by atoms with E-state index in [2.05, 4.69) is 38.1 Å². The van der Waals surface area contributed by atoms with Crippen LogP contribution in [0.25, 0.3) is 0 Å². The molecule has 0 radical (unpaired) electrons. The zero-order valence-electron chi connectivity index (χ0n) is 18.0. The minimum atomic E-state index is -0.367. The Kier molecular flexibility index (Phi) is 7.60. The first-order valence-electron chi connectivity index (χ1n) is 10.6. The molecule has 0 unspecified atom stereocenters. The van der Waals surface area contributed by atoms with Crippen molar-refractivity contribution in [2.45, 2.75) is 49.6 Å². The third-order valence-corrected chi connectivity index (χ3v) is 6.60. The van der Waals surface area contributed by atoms with Crippen LogP contribution in [0.1, 0.15) is 49.5 Å². The Bertz CT molecular complexity index is 769. The van der Waals surface area contributed by atoms with Gasteiger partial charge in [-0.1, -0.05) is 22.6 Å². The maximum Gasteiger partial charge on any atom is 0.317 e. The topological polar surface area (TPSA) is 64.7 Å². The minimum absolute atomic E-state index is 0.0134. The van der Waals surface area contributed by atoms with Crippen LogP contribution in [0, 0.1) is 11.7 Å². The summed E-state index contributed by atoms with van der Waals surface area (Å²) in [5.41, 5.74) is 0.996. The first kappa shape index (κ1) is 23.2. The number of carbonyl (C=O) groups is 2. The summed E-state index contributed by atoms with van der Waals surface area (Å²) in [5.74, 6) is -0.140. The van der Waals surface area contributed by atoms with Gasteiger partial charge in [-0.2, -0.15) is 0 Å². The van der Waals surface area contributed by atoms with Crippen LogP contribution in [0.5, 0.6) is 0 Å². The average molecular weight is 530 g/mol. The van der Waals surface area contributed by atoms with E-state index in [0.717, 1.165) is 44.6 Å². The molecule has 6 nitrogen and oxygen atoms in total. The summed E-state index contributed by atoms with van der Waals surface area (Å²) < 4.78 is 14.3. The van der Waals surface area contributed by atoms with Crippen LogP contribution in [0.4, 0.5) is 9.18 Å². The number of nitrogens with one attached hydrogen (secondary N) is 2. The molecule has 3 amide bonds. The molecule has 1 aromatic rings. The van der Waals surface area contributed by atoms with Crippen molar-refractivity contribution in [3.8, 4) is 0 Å². The Morgan fingerprint density at radius 1 is 1.17 bits per heavy atom. The smallest absolute Gasteiger partial charge is 0.317 e. The van der Waals surface area contributed by atoms with Crippen molar-refractivity contribution in [3.63, 3.8) is 0 Å². The average Bonchev–Trinajstić information content (AvgIpc) is 2.64. The van der Waals surface area contributed by atoms with Gasteiger partial charge in [-0.25, -0.2) is 9.18 Å². The largest absolute Gasteiger partial charge is 0.352 e. The second-order valence-electron chi connectivity index (χ2n) is 9.41. The van der Waals surface area contributed by atoms with Gasteiger partial charge in [0.2, 0.25) is 0 Å². The van der Waals surface area contributed by atoms with E-state index in [0.29, 0.717) is 28.5 Å². The molecule has 0 aliphatic carbocycles. The Morgan fingerprint density at radius 3 is 2.43 bits per heavy atom. The number of hydrogen-bond acceptors (Lipinski definition) is 3. The number of rotatable bonds is 5. The molecule has 3 rings (SSSR count). The fraction of sp³-hybridized carbons (Fsp3) is 0.636. The Labute approximate surface area is 192 Å². The number of benzene rings is 1. The highest BCUT2D eigenvalue weighted by Crippen LogP contribution is 2.23. The zero-order valence-corrected chi connectivity index (χ0v) is 20.2. The lowest BCUT2D eigenvalue weighted by molar-refractivity contribution is 0.0331. The standard InChI is InChI=1S/C22H32FIN4O2/c1-22(2,3)26-21(30)28-13-19(14-28)27-6-4-15(5-7-27)12-25-20(29)17-8-16(11-24)9-18(23)10-17/h8-10,15,19H,4-7,11-14H2,1-3H3,(H,25,29)(H,26,30). The number of hydrogen-bond donors (Lipinski definition) is 2. The number of alkyl halides is 1. The van der Waals surface area contributed by atoms with E-state index in [9.17, 15) is 14.0 Å². The van der Waals surface area contributed by atoms with E-state index >= 15 is 0 Å². The molecule has 30 heavy (non-hydrogen) atoms. The molecule has 166 valence electrons. The van der Waals surface area contributed by atoms with Crippen molar-refractivity contribution >= 4 is 34.5 Å². The maximum atomic E-state index is 13.7. The SMILES string of the molecule is CC(C)(C)NC(=O)N1CC(N2CCC(CNC(=O)c3cc(F)cc(CI)c3)CC2)C1. The quantitative estimate of drug-likeness (QED) is 0.454. The molecule has 0 atom stereocenters. The van der Waals surface area contributed by atoms with Crippen LogP contribution in [0.3, 0.4) is 0 Å². The summed E-state index contributed by atoms with van der Waals surface area (Å²) in [6.45, 7) is 10.1. The fourth-order valence-electron chi connectivity index (χ4n) is 3.97. The van der Waals surface area contributed by atoms with E-state index in [1.54, 1.807) is 6.07 Å². The minimum Gasteiger partial charge on any atom is -0.352 e. The predicted molar refractivity (Wildman–Crippen MR) is 124 cm³/mol. The van der Waals surface area contributed by atoms with Gasteiger partial charge in [-0.15, -0.1) is 0 Å². The summed E-state index contributed by atoms with van der Waals surface area (Å²) in [4.78, 5) is 28.9. The summed E-state index contributed by atoms with van der Waals surface area (Å²) in [5, 5.41) is 5.98. The van der Waals surface area contributed by atoms with Gasteiger partial charge in [0.05, 0.1) is 0 Å². The molecule has 1 aromatic carbocycles. The molecule has 0 spiro atoms. The van der Waals surface area contributed by atoms with Crippen LogP contribution in [0.15, 0.2) is 18.2 Å². The van der Waals surface area contributed by atoms with Gasteiger partial charge < -0.3 is 15.5 Å². The van der Waals surface area contributed by atoms with Gasteiger partial charge >= 0.3 is 6.03 Å². The highest BCUT2D eigenvalue weighted by Gasteiger charge is 2.37. The Balaban J connectivity index is 1.38. The molecular formula is C22H32FIN4O2. The van der Waals surface area contributed by atoms with E-state index in [1.807, 2.05) is 25.7 Å². The van der Waals surface area contributed by atoms with E-state index < -0.39 is 0 Å². The summed E-state index contributed by atoms with van der Waals surface area (Å²) in [6, 6.07) is 4.97. The van der Waals surface area contributed by atoms with Crippen molar-refractivity contribution in [1.82, 2.24) is 20.4 Å². The highest BCUT2D eigenvalue weighted by atomic mass is 127. The first-order chi connectivity index (χ1) is 14.1. The summed E-state index contributed by atoms with van der Waals surface area (Å²) >= 11 is 2.16. The van der Waals surface area contributed by atoms with Crippen LogP contribution in [0.2, 0.25) is 0 Å². The fourth-order valence-corrected chi connectivity index (χ4v) is 4.41. The van der Waals surface area contributed by atoms with Crippen molar-refractivity contribution < 1.29 is 14.0 Å². The van der Waals surface area contributed by atoms with Crippen LogP contribution >= 0.6 is 22.6 Å². The van der Waals surface area contributed by atoms with Gasteiger partial charge in [0.1, 0.15) is 5.82 Å². The molecular weight excluding hydrogens is 498 g/mol. The van der Waals surface area contributed by atoms with Gasteiger partial charge in [-0.3, -0.25) is 9.69 Å². The molecule has 0 aromatic heterocycles. The van der Waals surface area contributed by atoms with E-state index in [-0.39, 0.29) is 23.3 Å². The second-order valence-corrected chi connectivity index (χ2v) is 10.2. The lowest BCUT2D eigenvalue weighted by Gasteiger charge is -2.48. The summed E-state index contributed by atoms with van der Waals surface area (Å²) in [6.07, 6.45) is 2.04. The number of amides is 3. The Morgan fingerprint density at radius 2 is 1.83 bits per heavy atom. The maximum absolute atomic E-state index is 13.7. The third kappa shape index (κ3) is 6.29. The van der Waals surface area contributed by atoms with Crippen LogP contribution in [-0.4, -0.2) is 66.0 Å². The monoisotopic (exact) mass is 530 g/mol. The van der Waals surface area contributed by atoms with Crippen molar-refractivity contribution in [3.05, 3.63) is 35.1 Å². The number of nitrogens with zero attached hydrogens (tertiary/aromatic N) is 2. The molecule has 2 fully saturated rings. The zero-order chi connectivity index (χ0) is 21.9. The molecule has 2 aliphatic heterocycles. The molecule has 2 heterocycles. The normalized spacial score (nSPS) is 18.8. The van der Waals surface area contributed by atoms with Crippen LogP contribution in [-0.2, 0) is 4.43 Å². The Hall–Kier alpha value is -1.42. The van der Waals surface area contributed by atoms with Gasteiger partial charge in [0.25, 0.3) is 5.91 Å². The van der Waals surface area contributed by atoms with E-state index in [1.165, 1.54) is 12.1 Å². The molecule has 0 saturated carbocycles.